The van der Waals surface area contributed by atoms with Crippen molar-refractivity contribution < 1.29 is 14.3 Å². The van der Waals surface area contributed by atoms with Crippen molar-refractivity contribution in [2.24, 2.45) is 0 Å². The summed E-state index contributed by atoms with van der Waals surface area (Å²) >= 11 is 0. The van der Waals surface area contributed by atoms with Crippen LogP contribution in [0.1, 0.15) is 13.3 Å². The zero-order valence-electron chi connectivity index (χ0n) is 11.4. The lowest BCUT2D eigenvalue weighted by molar-refractivity contribution is -0.138. The van der Waals surface area contributed by atoms with Crippen molar-refractivity contribution >= 4 is 17.1 Å². The van der Waals surface area contributed by atoms with Crippen molar-refractivity contribution in [2.75, 3.05) is 19.6 Å². The van der Waals surface area contributed by atoms with Gasteiger partial charge in [0.1, 0.15) is 0 Å². The molecule has 1 heterocycles. The third-order valence-corrected chi connectivity index (χ3v) is 3.11. The molecule has 6 nitrogen and oxygen atoms in total. The fourth-order valence-electron chi connectivity index (χ4n) is 2.24. The Morgan fingerprint density at radius 2 is 2.10 bits per heavy atom. The molecule has 1 aromatic carbocycles. The highest BCUT2D eigenvalue weighted by atomic mass is 16.4. The van der Waals surface area contributed by atoms with Gasteiger partial charge < -0.3 is 9.52 Å². The van der Waals surface area contributed by atoms with Gasteiger partial charge in [0, 0.05) is 13.1 Å². The van der Waals surface area contributed by atoms with Crippen LogP contribution in [-0.4, -0.2) is 40.2 Å². The van der Waals surface area contributed by atoms with Crippen molar-refractivity contribution in [3.63, 3.8) is 0 Å². The predicted molar refractivity (Wildman–Crippen MR) is 74.8 cm³/mol. The molecule has 2 aromatic rings. The zero-order chi connectivity index (χ0) is 14.5. The molecule has 0 fully saturated rings. The minimum absolute atomic E-state index is 0.0155. The van der Waals surface area contributed by atoms with E-state index >= 15 is 0 Å². The van der Waals surface area contributed by atoms with Gasteiger partial charge in [-0.3, -0.25) is 14.3 Å². The van der Waals surface area contributed by atoms with Crippen molar-refractivity contribution in [3.8, 4) is 0 Å². The summed E-state index contributed by atoms with van der Waals surface area (Å²) in [7, 11) is 0. The Morgan fingerprint density at radius 1 is 1.35 bits per heavy atom. The molecule has 1 aromatic heterocycles. The van der Waals surface area contributed by atoms with Gasteiger partial charge >= 0.3 is 11.7 Å². The van der Waals surface area contributed by atoms with Gasteiger partial charge in [0.05, 0.1) is 12.1 Å². The van der Waals surface area contributed by atoms with Crippen LogP contribution in [0.4, 0.5) is 0 Å². The molecule has 20 heavy (non-hydrogen) atoms. The fourth-order valence-corrected chi connectivity index (χ4v) is 2.24. The van der Waals surface area contributed by atoms with Gasteiger partial charge in [0.2, 0.25) is 0 Å². The molecule has 0 saturated carbocycles. The van der Waals surface area contributed by atoms with Crippen LogP contribution in [0.5, 0.6) is 0 Å². The highest BCUT2D eigenvalue weighted by molar-refractivity contribution is 5.72. The van der Waals surface area contributed by atoms with Gasteiger partial charge in [-0.2, -0.15) is 0 Å². The van der Waals surface area contributed by atoms with Crippen molar-refractivity contribution in [1.29, 1.82) is 0 Å². The third-order valence-electron chi connectivity index (χ3n) is 3.11. The van der Waals surface area contributed by atoms with E-state index in [1.54, 1.807) is 10.6 Å². The number of aliphatic carboxylic acids is 1. The van der Waals surface area contributed by atoms with Gasteiger partial charge in [0.25, 0.3) is 0 Å². The van der Waals surface area contributed by atoms with E-state index in [9.17, 15) is 9.59 Å². The number of benzene rings is 1. The Morgan fingerprint density at radius 3 is 2.80 bits per heavy atom. The molecule has 0 saturated heterocycles. The third kappa shape index (κ3) is 3.27. The standard InChI is InChI=1S/C14H18N2O4/c1-2-7-15(10-13(17)18)8-9-16-11-5-3-4-6-12(11)20-14(16)19/h3-6H,2,7-10H2,1H3,(H,17,18). The first-order chi connectivity index (χ1) is 9.61. The van der Waals surface area contributed by atoms with Gasteiger partial charge in [-0.05, 0) is 25.1 Å². The number of carboxylic acid groups (broad SMARTS) is 1. The summed E-state index contributed by atoms with van der Waals surface area (Å²) in [4.78, 5) is 24.4. The zero-order valence-corrected chi connectivity index (χ0v) is 11.4. The van der Waals surface area contributed by atoms with E-state index in [-0.39, 0.29) is 6.54 Å². The van der Waals surface area contributed by atoms with Gasteiger partial charge in [-0.25, -0.2) is 4.79 Å². The summed E-state index contributed by atoms with van der Waals surface area (Å²) in [5.74, 6) is -1.26. The first kappa shape index (κ1) is 14.3. The fraction of sp³-hybridized carbons (Fsp3) is 0.429. The summed E-state index contributed by atoms with van der Waals surface area (Å²) in [6.07, 6.45) is 0.869. The molecule has 0 aliphatic rings. The smallest absolute Gasteiger partial charge is 0.419 e. The number of oxazole rings is 1. The van der Waals surface area contributed by atoms with E-state index in [1.807, 2.05) is 30.0 Å². The van der Waals surface area contributed by atoms with Gasteiger partial charge in [0.15, 0.2) is 5.58 Å². The van der Waals surface area contributed by atoms with Crippen LogP contribution in [-0.2, 0) is 11.3 Å². The molecule has 6 heteroatoms. The van der Waals surface area contributed by atoms with Crippen LogP contribution in [0.15, 0.2) is 33.5 Å². The van der Waals surface area contributed by atoms with Crippen LogP contribution in [0.2, 0.25) is 0 Å². The molecule has 0 aliphatic heterocycles. The van der Waals surface area contributed by atoms with E-state index < -0.39 is 11.7 Å². The number of hydrogen-bond acceptors (Lipinski definition) is 4. The molecule has 0 spiro atoms. The number of carboxylic acids is 1. The minimum Gasteiger partial charge on any atom is -0.480 e. The summed E-state index contributed by atoms with van der Waals surface area (Å²) in [5.41, 5.74) is 1.29. The summed E-state index contributed by atoms with van der Waals surface area (Å²) in [6, 6.07) is 7.22. The number of carbonyl (C=O) groups is 1. The Bertz CT molecular complexity index is 644. The summed E-state index contributed by atoms with van der Waals surface area (Å²) in [5, 5.41) is 8.87. The minimum atomic E-state index is -0.858. The van der Waals surface area contributed by atoms with Crippen LogP contribution < -0.4 is 5.76 Å². The second kappa shape index (κ2) is 6.38. The maximum absolute atomic E-state index is 11.8. The van der Waals surface area contributed by atoms with Crippen molar-refractivity contribution in [2.45, 2.75) is 19.9 Å². The van der Waals surface area contributed by atoms with Gasteiger partial charge in [-0.1, -0.05) is 19.1 Å². The highest BCUT2D eigenvalue weighted by Gasteiger charge is 2.12. The molecule has 0 radical (unpaired) electrons. The lowest BCUT2D eigenvalue weighted by Gasteiger charge is -2.19. The van der Waals surface area contributed by atoms with Crippen LogP contribution in [0.25, 0.3) is 11.1 Å². The van der Waals surface area contributed by atoms with Crippen molar-refractivity contribution in [3.05, 3.63) is 34.8 Å². The molecule has 1 N–H and O–H groups in total. The van der Waals surface area contributed by atoms with Crippen molar-refractivity contribution in [1.82, 2.24) is 9.47 Å². The maximum atomic E-state index is 11.8. The van der Waals surface area contributed by atoms with E-state index in [1.165, 1.54) is 0 Å². The molecule has 2 rings (SSSR count). The number of rotatable bonds is 7. The molecule has 0 amide bonds. The van der Waals surface area contributed by atoms with Gasteiger partial charge in [-0.15, -0.1) is 0 Å². The Balaban J connectivity index is 2.13. The predicted octanol–water partition coefficient (Wildman–Crippen LogP) is 1.39. The molecule has 0 unspecified atom stereocenters. The second-order valence-corrected chi connectivity index (χ2v) is 4.66. The lowest BCUT2D eigenvalue weighted by Crippen LogP contribution is -2.34. The lowest BCUT2D eigenvalue weighted by atomic mass is 10.3. The van der Waals surface area contributed by atoms with Crippen LogP contribution in [0, 0.1) is 0 Å². The quantitative estimate of drug-likeness (QED) is 0.828. The van der Waals surface area contributed by atoms with E-state index in [4.69, 9.17) is 9.52 Å². The Hall–Kier alpha value is -2.08. The average molecular weight is 278 g/mol. The van der Waals surface area contributed by atoms with E-state index in [2.05, 4.69) is 0 Å². The number of para-hydroxylation sites is 2. The Kier molecular flexibility index (Phi) is 4.57. The molecular weight excluding hydrogens is 260 g/mol. The molecular formula is C14H18N2O4. The topological polar surface area (TPSA) is 75.7 Å². The molecule has 0 atom stereocenters. The number of aromatic nitrogens is 1. The molecule has 0 bridgehead atoms. The highest BCUT2D eigenvalue weighted by Crippen LogP contribution is 2.11. The molecule has 108 valence electrons. The number of hydrogen-bond donors (Lipinski definition) is 1. The van der Waals surface area contributed by atoms with Crippen LogP contribution >= 0.6 is 0 Å². The largest absolute Gasteiger partial charge is 0.480 e. The normalized spacial score (nSPS) is 11.3. The second-order valence-electron chi connectivity index (χ2n) is 4.66. The summed E-state index contributed by atoms with van der Waals surface area (Å²) < 4.78 is 6.69. The van der Waals surface area contributed by atoms with E-state index in [0.717, 1.165) is 11.9 Å². The van der Waals surface area contributed by atoms with E-state index in [0.29, 0.717) is 25.2 Å². The average Bonchev–Trinajstić information content (AvgIpc) is 2.71. The monoisotopic (exact) mass is 278 g/mol. The Labute approximate surface area is 116 Å². The maximum Gasteiger partial charge on any atom is 0.419 e. The number of fused-ring (bicyclic) bond motifs is 1. The SMILES string of the molecule is CCCN(CCn1c(=O)oc2ccccc21)CC(=O)O. The number of nitrogens with zero attached hydrogens (tertiary/aromatic N) is 2. The molecule has 0 aliphatic carbocycles. The summed E-state index contributed by atoms with van der Waals surface area (Å²) in [6.45, 7) is 3.59. The first-order valence-electron chi connectivity index (χ1n) is 6.64. The first-order valence-corrected chi connectivity index (χ1v) is 6.64. The van der Waals surface area contributed by atoms with Crippen LogP contribution in [0.3, 0.4) is 0 Å².